The largest absolute Gasteiger partial charge is 0.367 e. The summed E-state index contributed by atoms with van der Waals surface area (Å²) in [5.74, 6) is -4.81. The van der Waals surface area contributed by atoms with Gasteiger partial charge in [0.15, 0.2) is 5.65 Å². The number of hydrogen-bond acceptors (Lipinski definition) is 24. The van der Waals surface area contributed by atoms with Gasteiger partial charge in [0.05, 0.1) is 80.3 Å². The van der Waals surface area contributed by atoms with E-state index in [1.807, 2.05) is 0 Å². The van der Waals surface area contributed by atoms with Gasteiger partial charge >= 0.3 is 0 Å². The Bertz CT molecular complexity index is 7110. The molecular weight excluding hydrogens is 1540 g/mol. The standard InChI is InChI=1S/4C19H17ClFN5S/c4*20-17-8-15-18(23-11-24-19(15)27-17)25-14-3-5-26(6-4-14)10-12-1-2-16(21)13(7-12)9-22/h4*1-2,7-8,11,14H,3-6,10H2,(H,23,24,25)/i2D,3D2,4D2,5D2,6D2,8D,10D2,11D,14D;1D,7D,8D,10D,11D,14D;1D,7D,8D,10D,14D;1D,7D,8D,10D/hD4. The summed E-state index contributed by atoms with van der Waals surface area (Å²) in [5.41, 5.74) is -3.44. The van der Waals surface area contributed by atoms with Crippen molar-refractivity contribution in [1.82, 2.24) is 59.5 Å². The van der Waals surface area contributed by atoms with Crippen LogP contribution in [0.25, 0.3) is 40.9 Å². The SMILES string of the molecule is [2H]c1cc(F)c(C#N)c([2H])c1C([2H])N1CCC(N([2H])c2ncnc3sc(Cl)c([2H])c23)CC1.[2H]c1cc(F)c(C#N)c([2H])c1C([2H])N1CCC([2H])(N([2H])c2ncnc3sc(Cl)c([2H])c23)CC1.[2H]c1nc(N([2H])C2([2H])C([2H])([2H])C([2H])([2H])N(C([2H])([2H])c3cc([2H])c(F)c(C#N)c3)C([2H])([2H])C2([2H])[2H])c2c([2H])c(Cl)sc2n1.[2H]c1nc(N([2H])C2([2H])CCN(C([2H])c3c([2H])cc(F)c(C#N)c3[2H])CC2)c2c([2H])c(Cl)sc2n1. The molecule has 4 N–H and O–H groups in total. The van der Waals surface area contributed by atoms with Crippen LogP contribution < -0.4 is 21.2 Å². The number of nitriles is 4. The highest BCUT2D eigenvalue weighted by atomic mass is 35.5. The Kier molecular flexibility index (Phi) is 15.4. The first-order valence-corrected chi connectivity index (χ1v) is 36.4. The zero-order chi connectivity index (χ0) is 104. The van der Waals surface area contributed by atoms with Gasteiger partial charge in [0.1, 0.15) is 118 Å². The molecular formula is C76H68Cl4F4N20S4. The summed E-state index contributed by atoms with van der Waals surface area (Å²) in [6.07, 6.45) is -5.26. The van der Waals surface area contributed by atoms with Crippen LogP contribution in [0.5, 0.6) is 0 Å². The lowest BCUT2D eigenvalue weighted by atomic mass is 10.0. The van der Waals surface area contributed by atoms with Crippen molar-refractivity contribution in [2.75, 3.05) is 73.5 Å². The van der Waals surface area contributed by atoms with Crippen molar-refractivity contribution in [3.63, 3.8) is 0 Å². The zero-order valence-corrected chi connectivity index (χ0v) is 61.2. The number of aromatic nitrogens is 8. The molecule has 0 aliphatic carbocycles. The molecule has 8 aromatic heterocycles. The predicted octanol–water partition coefficient (Wildman–Crippen LogP) is 17.7. The van der Waals surface area contributed by atoms with Crippen molar-refractivity contribution in [2.45, 2.75) is 101 Å². The highest BCUT2D eigenvalue weighted by molar-refractivity contribution is 7.23. The van der Waals surface area contributed by atoms with E-state index in [4.69, 9.17) is 108 Å². The molecule has 32 heteroatoms. The summed E-state index contributed by atoms with van der Waals surface area (Å²) in [5, 5.41) is 39.8. The first-order chi connectivity index (χ1) is 65.7. The molecule has 4 saturated heterocycles. The monoisotopic (exact) mass is 1640 g/mol. The minimum Gasteiger partial charge on any atom is -0.367 e. The molecule has 20 nitrogen and oxygen atoms in total. The molecule has 0 amide bonds. The highest BCUT2D eigenvalue weighted by Crippen LogP contribution is 2.37. The minimum atomic E-state index is -4.05. The number of nitrogens with one attached hydrogen (secondary N) is 4. The number of thiophene rings is 4. The van der Waals surface area contributed by atoms with Crippen LogP contribution in [-0.4, -0.2) is 136 Å². The second-order valence-corrected chi connectivity index (χ2v) is 29.1. The molecule has 3 atom stereocenters. The molecule has 12 heterocycles. The van der Waals surface area contributed by atoms with Crippen molar-refractivity contribution in [1.29, 1.82) is 21.0 Å². The van der Waals surface area contributed by atoms with Crippen LogP contribution in [0.2, 0.25) is 23.0 Å². The van der Waals surface area contributed by atoms with Gasteiger partial charge in [0.25, 0.3) is 0 Å². The van der Waals surface area contributed by atoms with E-state index in [-0.39, 0.29) is 166 Å². The van der Waals surface area contributed by atoms with E-state index in [0.29, 0.717) is 75.7 Å². The molecule has 3 unspecified atom stereocenters. The lowest BCUT2D eigenvalue weighted by Crippen LogP contribution is -2.38. The number of hydrogen-bond donors (Lipinski definition) is 4. The molecule has 108 heavy (non-hydrogen) atoms. The van der Waals surface area contributed by atoms with E-state index >= 15 is 0 Å². The van der Waals surface area contributed by atoms with Crippen LogP contribution >= 0.6 is 91.8 Å². The van der Waals surface area contributed by atoms with Gasteiger partial charge < -0.3 is 21.2 Å². The number of rotatable bonds is 16. The maximum absolute atomic E-state index is 14.2. The van der Waals surface area contributed by atoms with E-state index in [0.717, 1.165) is 62.8 Å². The summed E-state index contributed by atoms with van der Waals surface area (Å²) < 4.78 is 334. The summed E-state index contributed by atoms with van der Waals surface area (Å²) in [6, 6.07) is -1.25. The number of piperidine rings is 4. The van der Waals surface area contributed by atoms with Crippen LogP contribution in [0.4, 0.5) is 40.8 Å². The van der Waals surface area contributed by atoms with Crippen molar-refractivity contribution >= 4 is 156 Å². The van der Waals surface area contributed by atoms with Gasteiger partial charge in [-0.3, -0.25) is 19.6 Å². The Morgan fingerprint density at radius 3 is 1.20 bits per heavy atom. The van der Waals surface area contributed by atoms with Crippen molar-refractivity contribution in [3.8, 4) is 24.3 Å². The second kappa shape index (κ2) is 36.4. The fourth-order valence-electron chi connectivity index (χ4n) is 10.5. The topological polar surface area (TPSA) is 259 Å². The van der Waals surface area contributed by atoms with E-state index < -0.39 is 174 Å². The molecule has 16 rings (SSSR count). The summed E-state index contributed by atoms with van der Waals surface area (Å²) in [4.78, 5) is 37.4. The summed E-state index contributed by atoms with van der Waals surface area (Å²) >= 11 is 28.1. The van der Waals surface area contributed by atoms with Gasteiger partial charge in [-0.05, 0) is 146 Å². The Morgan fingerprint density at radius 1 is 0.444 bits per heavy atom. The molecule has 12 aromatic rings. The molecule has 0 radical (unpaired) electrons. The van der Waals surface area contributed by atoms with E-state index in [1.165, 1.54) is 24.0 Å². The Morgan fingerprint density at radius 2 is 0.806 bits per heavy atom. The van der Waals surface area contributed by atoms with Crippen molar-refractivity contribution < 1.29 is 63.0 Å². The normalized spacial score (nSPS) is 23.9. The van der Waals surface area contributed by atoms with Gasteiger partial charge in [-0.1, -0.05) is 70.6 Å². The van der Waals surface area contributed by atoms with Crippen molar-refractivity contribution in [3.05, 3.63) is 207 Å². The van der Waals surface area contributed by atoms with Crippen LogP contribution in [0, 0.1) is 68.6 Å². The minimum absolute atomic E-state index is 0.00611. The van der Waals surface area contributed by atoms with Crippen LogP contribution in [-0.2, 0) is 26.1 Å². The van der Waals surface area contributed by atoms with Crippen LogP contribution in [0.15, 0.2) is 122 Å². The summed E-state index contributed by atoms with van der Waals surface area (Å²) in [7, 11) is 0. The number of likely N-dealkylation sites (tertiary alicyclic amines) is 4. The maximum Gasteiger partial charge on any atom is 0.162 e. The van der Waals surface area contributed by atoms with Crippen molar-refractivity contribution in [2.24, 2.45) is 0 Å². The Balaban J connectivity index is 0.000000159. The van der Waals surface area contributed by atoms with Gasteiger partial charge in [-0.15, -0.1) is 45.3 Å². The van der Waals surface area contributed by atoms with E-state index in [1.54, 1.807) is 32.9 Å². The number of nitrogens with zero attached hydrogens (tertiary/aromatic N) is 16. The first-order valence-electron chi connectivity index (χ1n) is 48.2. The molecule has 4 aromatic carbocycles. The first kappa shape index (κ1) is 45.8. The third kappa shape index (κ3) is 20.0. The number of anilines is 4. The second-order valence-electron chi connectivity index (χ2n) is 22.7. The molecule has 4 aliphatic rings. The van der Waals surface area contributed by atoms with Crippen LogP contribution in [0.3, 0.4) is 0 Å². The smallest absolute Gasteiger partial charge is 0.162 e. The summed E-state index contributed by atoms with van der Waals surface area (Å²) in [6.45, 7) is -13.7. The van der Waals surface area contributed by atoms with Crippen LogP contribution in [0.1, 0.15) is 136 Å². The quantitative estimate of drug-likeness (QED) is 0.0655. The van der Waals surface area contributed by atoms with Gasteiger partial charge in [0, 0.05) is 120 Å². The average Bonchev–Trinajstić information content (AvgIpc) is 0.687. The van der Waals surface area contributed by atoms with Gasteiger partial charge in [-0.2, -0.15) is 21.0 Å². The predicted molar refractivity (Wildman–Crippen MR) is 422 cm³/mol. The maximum atomic E-state index is 14.2. The Hall–Kier alpha value is -9.08. The zero-order valence-electron chi connectivity index (χ0n) is 87.9. The third-order valence-electron chi connectivity index (χ3n) is 15.7. The Labute approximate surface area is 702 Å². The molecule has 0 saturated carbocycles. The molecule has 0 spiro atoms. The molecule has 4 aliphatic heterocycles. The van der Waals surface area contributed by atoms with E-state index in [2.05, 4.69) is 39.9 Å². The lowest BCUT2D eigenvalue weighted by molar-refractivity contribution is 0.211. The van der Waals surface area contributed by atoms with E-state index in [9.17, 15) is 22.8 Å². The van der Waals surface area contributed by atoms with Gasteiger partial charge in [0.2, 0.25) is 0 Å². The van der Waals surface area contributed by atoms with Gasteiger partial charge in [-0.25, -0.2) is 57.4 Å². The molecule has 4 fully saturated rings. The number of fused-ring (bicyclic) bond motifs is 4. The number of halogens is 8. The highest BCUT2D eigenvalue weighted by Gasteiger charge is 2.27. The number of benzene rings is 4. The molecule has 552 valence electrons. The third-order valence-corrected chi connectivity index (χ3v) is 20.1. The average molecular weight is 1640 g/mol. The molecule has 0 bridgehead atoms. The fourth-order valence-corrected chi connectivity index (χ4v) is 14.4. The fraction of sp³-hybridized carbons (Fsp3) is 0.316. The lowest BCUT2D eigenvalue weighted by Gasteiger charge is -2.32.